The van der Waals surface area contributed by atoms with Crippen LogP contribution in [0.1, 0.15) is 44.3 Å². The lowest BCUT2D eigenvalue weighted by Gasteiger charge is -2.25. The van der Waals surface area contributed by atoms with Crippen molar-refractivity contribution in [3.63, 3.8) is 0 Å². The van der Waals surface area contributed by atoms with E-state index >= 15 is 0 Å². The second-order valence-electron chi connectivity index (χ2n) is 7.42. The molecule has 3 N–H and O–H groups in total. The van der Waals surface area contributed by atoms with E-state index in [0.717, 1.165) is 11.8 Å². The third-order valence-corrected chi connectivity index (χ3v) is 5.72. The molecule has 0 radical (unpaired) electrons. The van der Waals surface area contributed by atoms with E-state index in [1.54, 1.807) is 25.4 Å². The van der Waals surface area contributed by atoms with E-state index < -0.39 is 11.9 Å². The number of benzene rings is 1. The number of nitrogens with one attached hydrogen (secondary N) is 1. The fourth-order valence-corrected chi connectivity index (χ4v) is 4.16. The van der Waals surface area contributed by atoms with Gasteiger partial charge in [0, 0.05) is 25.4 Å². The maximum Gasteiger partial charge on any atom is 0.335 e. The highest BCUT2D eigenvalue weighted by molar-refractivity contribution is 7.80. The Morgan fingerprint density at radius 1 is 1.15 bits per heavy atom. The van der Waals surface area contributed by atoms with Gasteiger partial charge in [0.15, 0.2) is 5.11 Å². The predicted molar refractivity (Wildman–Crippen MR) is 122 cm³/mol. The summed E-state index contributed by atoms with van der Waals surface area (Å²) in [5.74, 6) is -1.53. The molecule has 2 atom stereocenters. The molecule has 1 saturated heterocycles. The third kappa shape index (κ3) is 4.57. The Morgan fingerprint density at radius 2 is 1.88 bits per heavy atom. The number of hydrogen-bond donors (Lipinski definition) is 3. The molecule has 1 fully saturated rings. The molecule has 0 amide bonds. The molecular weight excluding hydrogens is 446 g/mol. The van der Waals surface area contributed by atoms with Crippen LogP contribution in [0.2, 0.25) is 0 Å². The molecule has 0 unspecified atom stereocenters. The summed E-state index contributed by atoms with van der Waals surface area (Å²) >= 11 is 5.56. The summed E-state index contributed by atoms with van der Waals surface area (Å²) < 4.78 is 11.4. The Kier molecular flexibility index (Phi) is 6.38. The number of aromatic carboxylic acids is 2. The molecule has 2 aromatic heterocycles. The first-order valence-corrected chi connectivity index (χ1v) is 10.5. The number of hydrogen-bond acceptors (Lipinski definition) is 6. The van der Waals surface area contributed by atoms with Crippen molar-refractivity contribution in [1.82, 2.24) is 15.2 Å². The molecule has 170 valence electrons. The molecule has 0 saturated carbocycles. The lowest BCUT2D eigenvalue weighted by molar-refractivity contribution is 0.0696. The summed E-state index contributed by atoms with van der Waals surface area (Å²) in [6.45, 7) is 0.966. The predicted octanol–water partition coefficient (Wildman–Crippen LogP) is 3.36. The van der Waals surface area contributed by atoms with Crippen molar-refractivity contribution in [3.8, 4) is 11.3 Å². The maximum atomic E-state index is 11.5. The molecule has 10 heteroatoms. The number of carboxylic acids is 2. The quantitative estimate of drug-likeness (QED) is 0.425. The molecule has 0 spiro atoms. The van der Waals surface area contributed by atoms with Gasteiger partial charge in [-0.15, -0.1) is 0 Å². The Labute approximate surface area is 194 Å². The maximum absolute atomic E-state index is 11.5. The van der Waals surface area contributed by atoms with Gasteiger partial charge in [0.05, 0.1) is 29.5 Å². The summed E-state index contributed by atoms with van der Waals surface area (Å²) in [4.78, 5) is 29.4. The van der Waals surface area contributed by atoms with Crippen molar-refractivity contribution in [2.75, 3.05) is 20.3 Å². The van der Waals surface area contributed by atoms with Gasteiger partial charge in [-0.3, -0.25) is 4.98 Å². The van der Waals surface area contributed by atoms with Crippen molar-refractivity contribution < 1.29 is 29.0 Å². The minimum atomic E-state index is -1.22. The lowest BCUT2D eigenvalue weighted by Crippen LogP contribution is -2.32. The third-order valence-electron chi connectivity index (χ3n) is 5.36. The van der Waals surface area contributed by atoms with Crippen LogP contribution in [0.4, 0.5) is 0 Å². The summed E-state index contributed by atoms with van der Waals surface area (Å²) in [6.07, 6.45) is 1.70. The summed E-state index contributed by atoms with van der Waals surface area (Å²) in [6, 6.07) is 12.3. The van der Waals surface area contributed by atoms with Crippen molar-refractivity contribution in [2.45, 2.75) is 12.1 Å². The van der Waals surface area contributed by atoms with Gasteiger partial charge in [-0.25, -0.2) is 9.59 Å². The van der Waals surface area contributed by atoms with Crippen LogP contribution in [0.3, 0.4) is 0 Å². The molecule has 1 aromatic carbocycles. The van der Waals surface area contributed by atoms with Crippen molar-refractivity contribution in [3.05, 3.63) is 77.3 Å². The summed E-state index contributed by atoms with van der Waals surface area (Å²) in [5.41, 5.74) is 0.855. The van der Waals surface area contributed by atoms with Gasteiger partial charge >= 0.3 is 11.9 Å². The SMILES string of the molecule is COCCN1C(=S)N[C@@H](c2ccccn2)[C@@H]1c1ccc(-c2cc(C(=O)O)cc(C(=O)O)c2)o1. The van der Waals surface area contributed by atoms with Crippen molar-refractivity contribution in [2.24, 2.45) is 0 Å². The molecule has 33 heavy (non-hydrogen) atoms. The highest BCUT2D eigenvalue weighted by Crippen LogP contribution is 2.40. The average molecular weight is 468 g/mol. The van der Waals surface area contributed by atoms with E-state index in [0.29, 0.717) is 35.3 Å². The van der Waals surface area contributed by atoms with Gasteiger partial charge in [0.1, 0.15) is 17.6 Å². The van der Waals surface area contributed by atoms with Crippen LogP contribution in [-0.2, 0) is 4.74 Å². The first-order chi connectivity index (χ1) is 15.9. The van der Waals surface area contributed by atoms with E-state index in [1.165, 1.54) is 12.1 Å². The second kappa shape index (κ2) is 9.39. The minimum absolute atomic E-state index is 0.139. The smallest absolute Gasteiger partial charge is 0.335 e. The Morgan fingerprint density at radius 3 is 2.48 bits per heavy atom. The molecule has 9 nitrogen and oxygen atoms in total. The van der Waals surface area contributed by atoms with Gasteiger partial charge in [0.2, 0.25) is 0 Å². The second-order valence-corrected chi connectivity index (χ2v) is 7.81. The van der Waals surface area contributed by atoms with E-state index in [4.69, 9.17) is 21.4 Å². The zero-order chi connectivity index (χ0) is 23.5. The largest absolute Gasteiger partial charge is 0.478 e. The van der Waals surface area contributed by atoms with Crippen LogP contribution >= 0.6 is 12.2 Å². The van der Waals surface area contributed by atoms with Gasteiger partial charge in [-0.05, 0) is 54.7 Å². The highest BCUT2D eigenvalue weighted by Gasteiger charge is 2.41. The van der Waals surface area contributed by atoms with Crippen molar-refractivity contribution >= 4 is 29.3 Å². The molecular formula is C23H21N3O6S. The van der Waals surface area contributed by atoms with E-state index in [9.17, 15) is 19.8 Å². The fraction of sp³-hybridized carbons (Fsp3) is 0.217. The number of thiocarbonyl (C=S) groups is 1. The van der Waals surface area contributed by atoms with Crippen LogP contribution in [-0.4, -0.2) is 57.4 Å². The molecule has 3 aromatic rings. The summed E-state index contributed by atoms with van der Waals surface area (Å²) in [7, 11) is 1.61. The first kappa shape index (κ1) is 22.4. The zero-order valence-corrected chi connectivity index (χ0v) is 18.4. The molecule has 1 aliphatic heterocycles. The fourth-order valence-electron chi connectivity index (χ4n) is 3.83. The van der Waals surface area contributed by atoms with Crippen LogP contribution in [0.15, 0.2) is 59.1 Å². The number of nitrogens with zero attached hydrogens (tertiary/aromatic N) is 2. The van der Waals surface area contributed by atoms with Gasteiger partial charge in [0.25, 0.3) is 0 Å². The van der Waals surface area contributed by atoms with Crippen LogP contribution < -0.4 is 5.32 Å². The topological polar surface area (TPSA) is 125 Å². The number of methoxy groups -OCH3 is 1. The van der Waals surface area contributed by atoms with Crippen LogP contribution in [0.25, 0.3) is 11.3 Å². The van der Waals surface area contributed by atoms with E-state index in [2.05, 4.69) is 10.3 Å². The molecule has 0 aliphatic carbocycles. The minimum Gasteiger partial charge on any atom is -0.478 e. The normalized spacial score (nSPS) is 17.7. The molecule has 4 rings (SSSR count). The zero-order valence-electron chi connectivity index (χ0n) is 17.6. The Hall–Kier alpha value is -3.76. The van der Waals surface area contributed by atoms with Crippen molar-refractivity contribution in [1.29, 1.82) is 0 Å². The lowest BCUT2D eigenvalue weighted by atomic mass is 10.0. The molecule has 1 aliphatic rings. The van der Waals surface area contributed by atoms with Crippen LogP contribution in [0.5, 0.6) is 0 Å². The number of furan rings is 1. The molecule has 3 heterocycles. The van der Waals surface area contributed by atoms with Gasteiger partial charge in [-0.2, -0.15) is 0 Å². The number of carboxylic acid groups (broad SMARTS) is 2. The van der Waals surface area contributed by atoms with Gasteiger partial charge in [-0.1, -0.05) is 6.07 Å². The summed E-state index contributed by atoms with van der Waals surface area (Å²) in [5, 5.41) is 22.6. The number of rotatable bonds is 8. The van der Waals surface area contributed by atoms with E-state index in [-0.39, 0.29) is 23.2 Å². The average Bonchev–Trinajstić information content (AvgIpc) is 3.42. The Balaban J connectivity index is 1.75. The number of pyridine rings is 1. The monoisotopic (exact) mass is 467 g/mol. The number of carbonyl (C=O) groups is 2. The number of aromatic nitrogens is 1. The standard InChI is InChI=1S/C23H21N3O6S/c1-31-9-8-26-20(19(25-23(26)33)16-4-2-3-7-24-16)18-6-5-17(32-18)13-10-14(21(27)28)12-15(11-13)22(29)30/h2-7,10-12,19-20H,8-9H2,1H3,(H,25,33)(H,27,28)(H,29,30)/t19-,20-/m0/s1. The van der Waals surface area contributed by atoms with Gasteiger partial charge < -0.3 is 29.6 Å². The Bertz CT molecular complexity index is 1160. The first-order valence-electron chi connectivity index (χ1n) is 10.1. The number of ether oxygens (including phenoxy) is 1. The highest BCUT2D eigenvalue weighted by atomic mass is 32.1. The molecule has 0 bridgehead atoms. The van der Waals surface area contributed by atoms with E-state index in [1.807, 2.05) is 23.1 Å². The van der Waals surface area contributed by atoms with Crippen LogP contribution in [0, 0.1) is 0 Å².